The van der Waals surface area contributed by atoms with Gasteiger partial charge in [-0.1, -0.05) is 31.2 Å². The van der Waals surface area contributed by atoms with E-state index in [1.807, 2.05) is 12.1 Å². The number of carbonyl (C=O) groups excluding carboxylic acids is 1. The molecule has 0 saturated carbocycles. The minimum Gasteiger partial charge on any atom is -0.463 e. The Kier molecular flexibility index (Phi) is 5.88. The smallest absolute Gasteiger partial charge is 0.261 e. The van der Waals surface area contributed by atoms with Crippen molar-refractivity contribution in [1.82, 2.24) is 15.2 Å². The number of pyridine rings is 1. The molecule has 0 radical (unpaired) electrons. The van der Waals surface area contributed by atoms with Gasteiger partial charge in [-0.2, -0.15) is 0 Å². The largest absolute Gasteiger partial charge is 0.463 e. The summed E-state index contributed by atoms with van der Waals surface area (Å²) in [6, 6.07) is 14.7. The maximum atomic E-state index is 12.4. The van der Waals surface area contributed by atoms with Crippen molar-refractivity contribution in [3.63, 3.8) is 0 Å². The van der Waals surface area contributed by atoms with E-state index in [9.17, 15) is 9.59 Å². The standard InChI is InChI=1S/C21H23N3O3/c1-3-24(2)14-16-7-4-6-15(12-16)13-22-20(25)17-9-10-18(23-21(17)26)19-8-5-11-27-19/h4-12H,3,13-14H2,1-2H3,(H,22,25)(H,23,26). The van der Waals surface area contributed by atoms with E-state index in [1.165, 1.54) is 17.9 Å². The highest BCUT2D eigenvalue weighted by atomic mass is 16.3. The van der Waals surface area contributed by atoms with E-state index >= 15 is 0 Å². The second-order valence-electron chi connectivity index (χ2n) is 6.43. The molecule has 1 aromatic carbocycles. The van der Waals surface area contributed by atoms with Gasteiger partial charge < -0.3 is 19.6 Å². The van der Waals surface area contributed by atoms with Crippen LogP contribution in [0.15, 0.2) is 64.0 Å². The molecular formula is C21H23N3O3. The monoisotopic (exact) mass is 365 g/mol. The average molecular weight is 365 g/mol. The van der Waals surface area contributed by atoms with Crippen LogP contribution in [0.3, 0.4) is 0 Å². The number of hydrogen-bond donors (Lipinski definition) is 2. The van der Waals surface area contributed by atoms with Crippen molar-refractivity contribution in [2.75, 3.05) is 13.6 Å². The lowest BCUT2D eigenvalue weighted by molar-refractivity contribution is 0.0949. The summed E-state index contributed by atoms with van der Waals surface area (Å²) in [7, 11) is 2.06. The van der Waals surface area contributed by atoms with Crippen LogP contribution in [0.25, 0.3) is 11.5 Å². The fourth-order valence-corrected chi connectivity index (χ4v) is 2.77. The molecule has 0 unspecified atom stereocenters. The molecule has 6 nitrogen and oxygen atoms in total. The Hall–Kier alpha value is -3.12. The third kappa shape index (κ3) is 4.74. The van der Waals surface area contributed by atoms with Crippen molar-refractivity contribution in [3.05, 3.63) is 81.8 Å². The Balaban J connectivity index is 1.66. The van der Waals surface area contributed by atoms with Gasteiger partial charge in [-0.15, -0.1) is 0 Å². The van der Waals surface area contributed by atoms with Crippen molar-refractivity contribution in [2.45, 2.75) is 20.0 Å². The van der Waals surface area contributed by atoms with Crippen LogP contribution in [-0.4, -0.2) is 29.4 Å². The first-order chi connectivity index (χ1) is 13.1. The molecule has 3 rings (SSSR count). The zero-order chi connectivity index (χ0) is 19.2. The van der Waals surface area contributed by atoms with Gasteiger partial charge in [0.1, 0.15) is 11.3 Å². The number of amides is 1. The Morgan fingerprint density at radius 1 is 1.15 bits per heavy atom. The minimum absolute atomic E-state index is 0.0761. The van der Waals surface area contributed by atoms with Gasteiger partial charge >= 0.3 is 0 Å². The van der Waals surface area contributed by atoms with Crippen LogP contribution in [-0.2, 0) is 13.1 Å². The summed E-state index contributed by atoms with van der Waals surface area (Å²) in [6.07, 6.45) is 1.53. The van der Waals surface area contributed by atoms with Crippen molar-refractivity contribution in [1.29, 1.82) is 0 Å². The number of rotatable bonds is 7. The van der Waals surface area contributed by atoms with Gasteiger partial charge in [0.15, 0.2) is 0 Å². The number of nitrogens with one attached hydrogen (secondary N) is 2. The number of aromatic amines is 1. The number of nitrogens with zero attached hydrogens (tertiary/aromatic N) is 1. The topological polar surface area (TPSA) is 78.3 Å². The molecule has 0 aliphatic rings. The Morgan fingerprint density at radius 2 is 1.96 bits per heavy atom. The highest BCUT2D eigenvalue weighted by molar-refractivity contribution is 5.93. The third-order valence-electron chi connectivity index (χ3n) is 4.38. The van der Waals surface area contributed by atoms with Crippen LogP contribution in [0.4, 0.5) is 0 Å². The molecule has 2 aromatic heterocycles. The summed E-state index contributed by atoms with van der Waals surface area (Å²) in [5.41, 5.74) is 2.35. The van der Waals surface area contributed by atoms with E-state index in [1.54, 1.807) is 18.2 Å². The number of aromatic nitrogens is 1. The average Bonchev–Trinajstić information content (AvgIpc) is 3.21. The molecule has 1 amide bonds. The molecule has 0 aliphatic carbocycles. The number of hydrogen-bond acceptors (Lipinski definition) is 4. The molecule has 2 N–H and O–H groups in total. The van der Waals surface area contributed by atoms with Gasteiger partial charge in [0.25, 0.3) is 11.5 Å². The van der Waals surface area contributed by atoms with Crippen LogP contribution in [0.5, 0.6) is 0 Å². The second-order valence-corrected chi connectivity index (χ2v) is 6.43. The summed E-state index contributed by atoms with van der Waals surface area (Å²) >= 11 is 0. The highest BCUT2D eigenvalue weighted by Gasteiger charge is 2.12. The van der Waals surface area contributed by atoms with Gasteiger partial charge in [0.05, 0.1) is 12.0 Å². The molecule has 6 heteroatoms. The summed E-state index contributed by atoms with van der Waals surface area (Å²) in [4.78, 5) is 29.5. The summed E-state index contributed by atoms with van der Waals surface area (Å²) in [5, 5.41) is 2.81. The zero-order valence-corrected chi connectivity index (χ0v) is 15.5. The Morgan fingerprint density at radius 3 is 2.67 bits per heavy atom. The van der Waals surface area contributed by atoms with E-state index < -0.39 is 11.5 Å². The van der Waals surface area contributed by atoms with Crippen molar-refractivity contribution in [2.24, 2.45) is 0 Å². The first kappa shape index (κ1) is 18.7. The predicted molar refractivity (Wildman–Crippen MR) is 104 cm³/mol. The number of furan rings is 1. The first-order valence-electron chi connectivity index (χ1n) is 8.88. The van der Waals surface area contributed by atoms with Crippen molar-refractivity contribution < 1.29 is 9.21 Å². The minimum atomic E-state index is -0.445. The van der Waals surface area contributed by atoms with Gasteiger partial charge in [0, 0.05) is 13.1 Å². The van der Waals surface area contributed by atoms with E-state index in [-0.39, 0.29) is 5.56 Å². The summed E-state index contributed by atoms with van der Waals surface area (Å²) < 4.78 is 5.25. The number of benzene rings is 1. The molecule has 0 saturated heterocycles. The quantitative estimate of drug-likeness (QED) is 0.675. The zero-order valence-electron chi connectivity index (χ0n) is 15.5. The summed E-state index contributed by atoms with van der Waals surface area (Å²) in [5.74, 6) is 0.145. The van der Waals surface area contributed by atoms with Gasteiger partial charge in [-0.25, -0.2) is 0 Å². The normalized spacial score (nSPS) is 10.9. The highest BCUT2D eigenvalue weighted by Crippen LogP contribution is 2.15. The van der Waals surface area contributed by atoms with Gasteiger partial charge in [0.2, 0.25) is 0 Å². The van der Waals surface area contributed by atoms with Crippen LogP contribution >= 0.6 is 0 Å². The second kappa shape index (κ2) is 8.51. The number of carbonyl (C=O) groups is 1. The lowest BCUT2D eigenvalue weighted by Crippen LogP contribution is -2.29. The molecule has 0 atom stereocenters. The molecule has 140 valence electrons. The molecule has 0 bridgehead atoms. The maximum absolute atomic E-state index is 12.4. The van der Waals surface area contributed by atoms with E-state index in [4.69, 9.17) is 4.42 Å². The maximum Gasteiger partial charge on any atom is 0.261 e. The van der Waals surface area contributed by atoms with Crippen molar-refractivity contribution >= 4 is 5.91 Å². The molecule has 0 spiro atoms. The summed E-state index contributed by atoms with van der Waals surface area (Å²) in [6.45, 7) is 4.30. The van der Waals surface area contributed by atoms with Crippen LogP contribution in [0, 0.1) is 0 Å². The first-order valence-corrected chi connectivity index (χ1v) is 8.88. The number of H-pyrrole nitrogens is 1. The van der Waals surface area contributed by atoms with E-state index in [0.29, 0.717) is 18.0 Å². The van der Waals surface area contributed by atoms with Crippen LogP contribution in [0.2, 0.25) is 0 Å². The predicted octanol–water partition coefficient (Wildman–Crippen LogP) is 3.02. The molecule has 0 aliphatic heterocycles. The lowest BCUT2D eigenvalue weighted by Gasteiger charge is -2.14. The SMILES string of the molecule is CCN(C)Cc1cccc(CNC(=O)c2ccc(-c3ccco3)[nH]c2=O)c1. The van der Waals surface area contributed by atoms with Crippen LogP contribution in [0.1, 0.15) is 28.4 Å². The lowest BCUT2D eigenvalue weighted by atomic mass is 10.1. The van der Waals surface area contributed by atoms with Crippen LogP contribution < -0.4 is 10.9 Å². The molecule has 0 fully saturated rings. The van der Waals surface area contributed by atoms with E-state index in [0.717, 1.165) is 18.7 Å². The Labute approximate surface area is 157 Å². The van der Waals surface area contributed by atoms with Gasteiger partial charge in [-0.3, -0.25) is 9.59 Å². The molecule has 3 aromatic rings. The Bertz CT molecular complexity index is 961. The van der Waals surface area contributed by atoms with Gasteiger partial charge in [-0.05, 0) is 49.0 Å². The fraction of sp³-hybridized carbons (Fsp3) is 0.238. The molecular weight excluding hydrogens is 342 g/mol. The molecule has 27 heavy (non-hydrogen) atoms. The molecule has 2 heterocycles. The van der Waals surface area contributed by atoms with Crippen molar-refractivity contribution in [3.8, 4) is 11.5 Å². The third-order valence-corrected chi connectivity index (χ3v) is 4.38. The fourth-order valence-electron chi connectivity index (χ4n) is 2.77. The van der Waals surface area contributed by atoms with E-state index in [2.05, 4.69) is 41.3 Å².